The molecule has 0 aromatic carbocycles. The van der Waals surface area contributed by atoms with Gasteiger partial charge in [0, 0.05) is 6.20 Å². The molecule has 0 aliphatic carbocycles. The number of pyridine rings is 1. The van der Waals surface area contributed by atoms with Crippen LogP contribution in [0, 0.1) is 0 Å². The first-order valence-corrected chi connectivity index (χ1v) is 6.17. The number of rotatable bonds is 2. The Bertz CT molecular complexity index is 877. The zero-order valence-corrected chi connectivity index (χ0v) is 11.3. The smallest absolute Gasteiger partial charge is 0.296 e. The fourth-order valence-corrected chi connectivity index (χ4v) is 2.10. The molecule has 0 bridgehead atoms. The van der Waals surface area contributed by atoms with E-state index in [1.165, 1.54) is 16.9 Å². The van der Waals surface area contributed by atoms with Crippen LogP contribution in [0.15, 0.2) is 24.7 Å². The van der Waals surface area contributed by atoms with Crippen LogP contribution in [0.5, 0.6) is 0 Å². The van der Waals surface area contributed by atoms with Gasteiger partial charge in [0.2, 0.25) is 0 Å². The Morgan fingerprint density at radius 1 is 1.23 bits per heavy atom. The Morgan fingerprint density at radius 3 is 2.64 bits per heavy atom. The van der Waals surface area contributed by atoms with Crippen molar-refractivity contribution in [2.24, 2.45) is 0 Å². The van der Waals surface area contributed by atoms with Gasteiger partial charge < -0.3 is 0 Å². The van der Waals surface area contributed by atoms with Crippen LogP contribution in [0.1, 0.15) is 16.1 Å². The molecule has 0 amide bonds. The van der Waals surface area contributed by atoms with Gasteiger partial charge in [0.25, 0.3) is 5.78 Å². The molecule has 6 nitrogen and oxygen atoms in total. The number of carbonyl (C=O) groups is 1. The lowest BCUT2D eigenvalue weighted by Crippen LogP contribution is -2.07. The summed E-state index contributed by atoms with van der Waals surface area (Å²) in [5.74, 6) is 0.109. The van der Waals surface area contributed by atoms with Crippen molar-refractivity contribution in [3.05, 3.63) is 40.9 Å². The highest BCUT2D eigenvalue weighted by Crippen LogP contribution is 2.33. The van der Waals surface area contributed by atoms with Crippen LogP contribution in [0.25, 0.3) is 17.2 Å². The Kier molecular flexibility index (Phi) is 3.28. The van der Waals surface area contributed by atoms with Gasteiger partial charge in [-0.1, -0.05) is 11.6 Å². The molecule has 3 aromatic heterocycles. The van der Waals surface area contributed by atoms with Gasteiger partial charge in [0.05, 0.1) is 16.3 Å². The molecule has 0 N–H and O–H groups in total. The van der Waals surface area contributed by atoms with Crippen LogP contribution < -0.4 is 0 Å². The lowest BCUT2D eigenvalue weighted by Gasteiger charge is -2.10. The average molecular weight is 328 g/mol. The monoisotopic (exact) mass is 327 g/mol. The maximum Gasteiger partial charge on any atom is 0.417 e. The summed E-state index contributed by atoms with van der Waals surface area (Å²) in [5.41, 5.74) is -0.687. The molecule has 0 aliphatic rings. The van der Waals surface area contributed by atoms with Gasteiger partial charge in [-0.2, -0.15) is 27.8 Å². The number of alkyl halides is 3. The summed E-state index contributed by atoms with van der Waals surface area (Å²) in [6.45, 7) is 0. The molecule has 0 fully saturated rings. The molecule has 3 heterocycles. The van der Waals surface area contributed by atoms with E-state index in [0.717, 1.165) is 6.07 Å². The third-order valence-electron chi connectivity index (χ3n) is 2.80. The van der Waals surface area contributed by atoms with Gasteiger partial charge in [-0.25, -0.2) is 4.98 Å². The Morgan fingerprint density at radius 2 is 2.00 bits per heavy atom. The number of hydrogen-bond acceptors (Lipinski definition) is 5. The molecule has 0 atom stereocenters. The topological polar surface area (TPSA) is 73.0 Å². The molecule has 22 heavy (non-hydrogen) atoms. The number of nitrogens with zero attached hydrogens (tertiary/aromatic N) is 5. The van der Waals surface area contributed by atoms with E-state index in [4.69, 9.17) is 11.6 Å². The number of halogens is 4. The molecule has 3 rings (SSSR count). The van der Waals surface area contributed by atoms with Gasteiger partial charge >= 0.3 is 6.18 Å². The number of aldehydes is 1. The van der Waals surface area contributed by atoms with E-state index in [1.54, 1.807) is 0 Å². The minimum absolute atomic E-state index is 0.0354. The van der Waals surface area contributed by atoms with Crippen LogP contribution >= 0.6 is 11.6 Å². The first-order valence-electron chi connectivity index (χ1n) is 5.79. The summed E-state index contributed by atoms with van der Waals surface area (Å²) < 4.78 is 39.2. The van der Waals surface area contributed by atoms with Gasteiger partial charge in [-0.15, -0.1) is 0 Å². The van der Waals surface area contributed by atoms with Gasteiger partial charge in [-0.05, 0) is 12.1 Å². The molecule has 3 aromatic rings. The molecule has 0 spiro atoms. The van der Waals surface area contributed by atoms with Crippen LogP contribution in [-0.2, 0) is 6.18 Å². The molecule has 0 radical (unpaired) electrons. The van der Waals surface area contributed by atoms with Crippen molar-refractivity contribution in [1.29, 1.82) is 0 Å². The molecular weight excluding hydrogens is 323 g/mol. The lowest BCUT2D eigenvalue weighted by atomic mass is 10.2. The Hall–Kier alpha value is -2.55. The molecule has 112 valence electrons. The highest BCUT2D eigenvalue weighted by atomic mass is 35.5. The van der Waals surface area contributed by atoms with Crippen molar-refractivity contribution in [2.45, 2.75) is 6.18 Å². The van der Waals surface area contributed by atoms with E-state index >= 15 is 0 Å². The lowest BCUT2D eigenvalue weighted by molar-refractivity contribution is -0.137. The fraction of sp³-hybridized carbons (Fsp3) is 0.0833. The van der Waals surface area contributed by atoms with Crippen LogP contribution in [0.4, 0.5) is 13.2 Å². The van der Waals surface area contributed by atoms with Crippen molar-refractivity contribution >= 4 is 23.7 Å². The van der Waals surface area contributed by atoms with Crippen molar-refractivity contribution in [3.63, 3.8) is 0 Å². The number of fused-ring (bicyclic) bond motifs is 1. The third kappa shape index (κ3) is 2.39. The van der Waals surface area contributed by atoms with Crippen molar-refractivity contribution < 1.29 is 18.0 Å². The Balaban J connectivity index is 2.23. The normalized spacial score (nSPS) is 11.8. The summed E-state index contributed by atoms with van der Waals surface area (Å²) in [6.07, 6.45) is -2.22. The average Bonchev–Trinajstić information content (AvgIpc) is 2.93. The van der Waals surface area contributed by atoms with Gasteiger partial charge in [-0.3, -0.25) is 9.78 Å². The van der Waals surface area contributed by atoms with Crippen LogP contribution in [0.3, 0.4) is 0 Å². The second-order valence-electron chi connectivity index (χ2n) is 4.21. The second-order valence-corrected chi connectivity index (χ2v) is 4.62. The quantitative estimate of drug-likeness (QED) is 0.677. The zero-order valence-electron chi connectivity index (χ0n) is 10.5. The van der Waals surface area contributed by atoms with Crippen LogP contribution in [0.2, 0.25) is 5.02 Å². The Labute approximate surface area is 125 Å². The first kappa shape index (κ1) is 14.4. The number of hydrogen-bond donors (Lipinski definition) is 0. The molecule has 10 heteroatoms. The van der Waals surface area contributed by atoms with E-state index in [2.05, 4.69) is 20.1 Å². The molecular formula is C12H5ClF3N5O. The van der Waals surface area contributed by atoms with Gasteiger partial charge in [0.1, 0.15) is 17.7 Å². The van der Waals surface area contributed by atoms with Crippen molar-refractivity contribution in [1.82, 2.24) is 24.6 Å². The molecule has 0 saturated heterocycles. The van der Waals surface area contributed by atoms with Crippen molar-refractivity contribution in [3.8, 4) is 11.4 Å². The van der Waals surface area contributed by atoms with E-state index in [-0.39, 0.29) is 27.9 Å². The van der Waals surface area contributed by atoms with E-state index in [9.17, 15) is 18.0 Å². The largest absolute Gasteiger partial charge is 0.417 e. The van der Waals surface area contributed by atoms with Crippen molar-refractivity contribution in [2.75, 3.05) is 0 Å². The van der Waals surface area contributed by atoms with Gasteiger partial charge in [0.15, 0.2) is 6.29 Å². The standard InChI is InChI=1S/C12H5ClF3N5O/c13-8-1-6(12(14,15)16)3-17-10(8)9-2-7(4-22)20-11-18-5-19-21(9)11/h1-5H. The minimum Gasteiger partial charge on any atom is -0.296 e. The van der Waals surface area contributed by atoms with E-state index in [1.807, 2.05) is 0 Å². The molecule has 0 unspecified atom stereocenters. The molecule has 0 saturated carbocycles. The highest BCUT2D eigenvalue weighted by molar-refractivity contribution is 6.33. The summed E-state index contributed by atoms with van der Waals surface area (Å²) in [7, 11) is 0. The maximum absolute atomic E-state index is 12.6. The summed E-state index contributed by atoms with van der Waals surface area (Å²) in [5, 5.41) is 3.66. The predicted octanol–water partition coefficient (Wildman–Crippen LogP) is 2.67. The van der Waals surface area contributed by atoms with E-state index < -0.39 is 11.7 Å². The van der Waals surface area contributed by atoms with E-state index in [0.29, 0.717) is 12.5 Å². The first-order chi connectivity index (χ1) is 10.4. The van der Waals surface area contributed by atoms with Crippen LogP contribution in [-0.4, -0.2) is 30.9 Å². The molecule has 0 aliphatic heterocycles. The zero-order chi connectivity index (χ0) is 15.9. The fourth-order valence-electron chi connectivity index (χ4n) is 1.84. The second kappa shape index (κ2) is 5.02. The summed E-state index contributed by atoms with van der Waals surface area (Å²) in [6, 6.07) is 2.07. The SMILES string of the molecule is O=Cc1cc(-c2ncc(C(F)(F)F)cc2Cl)n2ncnc2n1. The number of carbonyl (C=O) groups excluding carboxylic acids is 1. The number of aromatic nitrogens is 5. The maximum atomic E-state index is 12.6. The third-order valence-corrected chi connectivity index (χ3v) is 3.09. The predicted molar refractivity (Wildman–Crippen MR) is 69.4 cm³/mol. The summed E-state index contributed by atoms with van der Waals surface area (Å²) >= 11 is 5.90. The minimum atomic E-state index is -4.55. The summed E-state index contributed by atoms with van der Waals surface area (Å²) in [4.78, 5) is 22.4. The highest BCUT2D eigenvalue weighted by Gasteiger charge is 2.32.